The Morgan fingerprint density at radius 3 is 2.40 bits per heavy atom. The number of morpholine rings is 2. The summed E-state index contributed by atoms with van der Waals surface area (Å²) in [4.78, 5) is 26.6. The standard InChI is InChI=1S/C34H40F3N9O4/c1-23-3-5-25(41-33(47)24-4-6-29(48-2)27(17-24)34(35,36)37)18-28(23)42-32-19-26(21-45-11-15-50-16-12-45)43-46(32)31-20-30(39-22-40-31)38-7-8-44-9-13-49-14-10-44/h3-6,17-20,22,42H,7-16,21H2,1-2H3,(H,41,47)(H,38,39,40). The first kappa shape index (κ1) is 35.1. The number of hydrogen-bond donors (Lipinski definition) is 3. The van der Waals surface area contributed by atoms with E-state index in [9.17, 15) is 18.0 Å². The highest BCUT2D eigenvalue weighted by Gasteiger charge is 2.35. The highest BCUT2D eigenvalue weighted by molar-refractivity contribution is 6.04. The molecular formula is C34H40F3N9O4. The molecule has 0 spiro atoms. The lowest BCUT2D eigenvalue weighted by Gasteiger charge is -2.26. The van der Waals surface area contributed by atoms with Crippen molar-refractivity contribution in [2.24, 2.45) is 0 Å². The van der Waals surface area contributed by atoms with Gasteiger partial charge in [0.2, 0.25) is 0 Å². The van der Waals surface area contributed by atoms with Crippen LogP contribution in [0.4, 0.5) is 36.2 Å². The van der Waals surface area contributed by atoms with E-state index in [-0.39, 0.29) is 11.3 Å². The number of halogens is 3. The van der Waals surface area contributed by atoms with Gasteiger partial charge in [-0.2, -0.15) is 23.0 Å². The van der Waals surface area contributed by atoms with Crippen LogP contribution in [0.15, 0.2) is 54.9 Å². The van der Waals surface area contributed by atoms with Crippen molar-refractivity contribution in [1.29, 1.82) is 0 Å². The molecule has 2 fully saturated rings. The number of alkyl halides is 3. The molecule has 1 amide bonds. The van der Waals surface area contributed by atoms with Crippen LogP contribution in [-0.4, -0.2) is 108 Å². The maximum Gasteiger partial charge on any atom is 0.419 e. The van der Waals surface area contributed by atoms with Gasteiger partial charge in [0.25, 0.3) is 5.91 Å². The van der Waals surface area contributed by atoms with Gasteiger partial charge in [0.05, 0.1) is 44.8 Å². The Hall–Kier alpha value is -4.77. The van der Waals surface area contributed by atoms with E-state index in [1.54, 1.807) is 16.8 Å². The van der Waals surface area contributed by atoms with E-state index in [2.05, 4.69) is 35.7 Å². The van der Waals surface area contributed by atoms with Gasteiger partial charge in [0, 0.05) is 74.9 Å². The topological polar surface area (TPSA) is 131 Å². The second-order valence-corrected chi connectivity index (χ2v) is 12.0. The summed E-state index contributed by atoms with van der Waals surface area (Å²) < 4.78 is 58.3. The fraction of sp³-hybridized carbons (Fsp3) is 0.412. The Bertz CT molecular complexity index is 1770. The number of anilines is 4. The molecule has 0 radical (unpaired) electrons. The monoisotopic (exact) mass is 695 g/mol. The average molecular weight is 696 g/mol. The zero-order valence-electron chi connectivity index (χ0n) is 27.9. The molecule has 6 rings (SSSR count). The normalized spacial score (nSPS) is 15.9. The molecule has 0 aliphatic carbocycles. The molecule has 0 unspecified atom stereocenters. The quantitative estimate of drug-likeness (QED) is 0.193. The minimum Gasteiger partial charge on any atom is -0.496 e. The van der Waals surface area contributed by atoms with Gasteiger partial charge in [-0.05, 0) is 42.8 Å². The number of hydrogen-bond acceptors (Lipinski definition) is 11. The molecule has 13 nitrogen and oxygen atoms in total. The summed E-state index contributed by atoms with van der Waals surface area (Å²) >= 11 is 0. The number of rotatable bonds is 12. The largest absolute Gasteiger partial charge is 0.496 e. The molecule has 2 aliphatic heterocycles. The third-order valence-electron chi connectivity index (χ3n) is 8.48. The lowest BCUT2D eigenvalue weighted by Crippen LogP contribution is -2.39. The predicted octanol–water partition coefficient (Wildman–Crippen LogP) is 4.57. The Morgan fingerprint density at radius 1 is 0.940 bits per heavy atom. The molecule has 4 aromatic rings. The third-order valence-corrected chi connectivity index (χ3v) is 8.48. The highest BCUT2D eigenvalue weighted by Crippen LogP contribution is 2.37. The number of aromatic nitrogens is 4. The minimum atomic E-state index is -4.68. The lowest BCUT2D eigenvalue weighted by molar-refractivity contribution is -0.138. The molecular weight excluding hydrogens is 655 g/mol. The van der Waals surface area contributed by atoms with Gasteiger partial charge in [-0.25, -0.2) is 9.97 Å². The van der Waals surface area contributed by atoms with E-state index in [0.717, 1.165) is 76.4 Å². The number of carbonyl (C=O) groups excluding carboxylic acids is 1. The lowest BCUT2D eigenvalue weighted by atomic mass is 10.1. The fourth-order valence-electron chi connectivity index (χ4n) is 5.73. The number of nitrogens with one attached hydrogen (secondary N) is 3. The molecule has 266 valence electrons. The molecule has 2 aliphatic rings. The summed E-state index contributed by atoms with van der Waals surface area (Å²) in [7, 11) is 1.15. The molecule has 4 heterocycles. The highest BCUT2D eigenvalue weighted by atomic mass is 19.4. The maximum absolute atomic E-state index is 13.6. The zero-order chi connectivity index (χ0) is 35.1. The van der Waals surface area contributed by atoms with Crippen LogP contribution in [-0.2, 0) is 22.2 Å². The van der Waals surface area contributed by atoms with Crippen LogP contribution in [0.1, 0.15) is 27.2 Å². The number of benzene rings is 2. The van der Waals surface area contributed by atoms with Gasteiger partial charge in [0.1, 0.15) is 23.7 Å². The zero-order valence-corrected chi connectivity index (χ0v) is 27.9. The van der Waals surface area contributed by atoms with Gasteiger partial charge >= 0.3 is 6.18 Å². The molecule has 50 heavy (non-hydrogen) atoms. The van der Waals surface area contributed by atoms with Crippen LogP contribution in [0.25, 0.3) is 5.82 Å². The van der Waals surface area contributed by atoms with Crippen LogP contribution in [0, 0.1) is 6.92 Å². The minimum absolute atomic E-state index is 0.155. The summed E-state index contributed by atoms with van der Waals surface area (Å²) in [5, 5.41) is 14.4. The summed E-state index contributed by atoms with van der Waals surface area (Å²) in [6.45, 7) is 10.2. The number of methoxy groups -OCH3 is 1. The van der Waals surface area contributed by atoms with Gasteiger partial charge in [0.15, 0.2) is 5.82 Å². The van der Waals surface area contributed by atoms with E-state index in [0.29, 0.717) is 55.1 Å². The summed E-state index contributed by atoms with van der Waals surface area (Å²) in [6, 6.07) is 12.2. The molecule has 2 aromatic carbocycles. The van der Waals surface area contributed by atoms with Crippen molar-refractivity contribution in [1.82, 2.24) is 29.5 Å². The van der Waals surface area contributed by atoms with Crippen LogP contribution in [0.2, 0.25) is 0 Å². The average Bonchev–Trinajstić information content (AvgIpc) is 3.51. The van der Waals surface area contributed by atoms with Crippen LogP contribution in [0.5, 0.6) is 5.75 Å². The van der Waals surface area contributed by atoms with E-state index >= 15 is 0 Å². The molecule has 0 bridgehead atoms. The molecule has 16 heteroatoms. The Morgan fingerprint density at radius 2 is 1.68 bits per heavy atom. The maximum atomic E-state index is 13.6. The van der Waals surface area contributed by atoms with Crippen molar-refractivity contribution in [3.63, 3.8) is 0 Å². The number of carbonyl (C=O) groups is 1. The van der Waals surface area contributed by atoms with E-state index < -0.39 is 17.6 Å². The molecule has 0 saturated carbocycles. The first-order chi connectivity index (χ1) is 24.2. The third kappa shape index (κ3) is 8.87. The number of ether oxygens (including phenoxy) is 3. The summed E-state index contributed by atoms with van der Waals surface area (Å²) in [5.74, 6) is 0.780. The Balaban J connectivity index is 1.23. The van der Waals surface area contributed by atoms with Gasteiger partial charge in [-0.15, -0.1) is 0 Å². The first-order valence-corrected chi connectivity index (χ1v) is 16.4. The fourth-order valence-corrected chi connectivity index (χ4v) is 5.73. The van der Waals surface area contributed by atoms with Gasteiger partial charge in [-0.1, -0.05) is 6.07 Å². The van der Waals surface area contributed by atoms with Crippen LogP contribution < -0.4 is 20.7 Å². The molecule has 3 N–H and O–H groups in total. The Labute approximate surface area is 287 Å². The van der Waals surface area contributed by atoms with Crippen molar-refractivity contribution in [2.75, 3.05) is 88.8 Å². The first-order valence-electron chi connectivity index (χ1n) is 16.4. The van der Waals surface area contributed by atoms with Crippen molar-refractivity contribution < 1.29 is 32.2 Å². The summed E-state index contributed by atoms with van der Waals surface area (Å²) in [5.41, 5.74) is 1.54. The smallest absolute Gasteiger partial charge is 0.419 e. The SMILES string of the molecule is COc1ccc(C(=O)Nc2ccc(C)c(Nc3cc(CN4CCOCC4)nn3-c3cc(NCCN4CCOCC4)ncn3)c2)cc1C(F)(F)F. The van der Waals surface area contributed by atoms with Gasteiger partial charge < -0.3 is 30.2 Å². The Kier molecular flexibility index (Phi) is 11.1. The van der Waals surface area contributed by atoms with E-state index in [1.807, 2.05) is 25.1 Å². The van der Waals surface area contributed by atoms with Crippen molar-refractivity contribution in [2.45, 2.75) is 19.6 Å². The van der Waals surface area contributed by atoms with Crippen molar-refractivity contribution >= 4 is 28.9 Å². The van der Waals surface area contributed by atoms with E-state index in [1.165, 1.54) is 12.4 Å². The summed E-state index contributed by atoms with van der Waals surface area (Å²) in [6.07, 6.45) is -3.19. The molecule has 0 atom stereocenters. The van der Waals surface area contributed by atoms with Crippen molar-refractivity contribution in [3.05, 3.63) is 77.2 Å². The predicted molar refractivity (Wildman–Crippen MR) is 181 cm³/mol. The van der Waals surface area contributed by atoms with Gasteiger partial charge in [-0.3, -0.25) is 14.6 Å². The number of aryl methyl sites for hydroxylation is 1. The number of nitrogens with zero attached hydrogens (tertiary/aromatic N) is 6. The molecule has 2 aromatic heterocycles. The van der Waals surface area contributed by atoms with E-state index in [4.69, 9.17) is 19.3 Å². The second-order valence-electron chi connectivity index (χ2n) is 12.0. The van der Waals surface area contributed by atoms with Crippen LogP contribution in [0.3, 0.4) is 0 Å². The van der Waals surface area contributed by atoms with Crippen molar-refractivity contribution in [3.8, 4) is 11.6 Å². The van der Waals surface area contributed by atoms with Crippen LogP contribution >= 0.6 is 0 Å². The number of amides is 1. The second kappa shape index (κ2) is 15.8. The molecule has 2 saturated heterocycles.